The van der Waals surface area contributed by atoms with Gasteiger partial charge in [0.25, 0.3) is 11.7 Å². The van der Waals surface area contributed by atoms with E-state index in [4.69, 9.17) is 0 Å². The molecule has 30 heavy (non-hydrogen) atoms. The molecule has 1 unspecified atom stereocenters. The fourth-order valence-corrected chi connectivity index (χ4v) is 4.13. The van der Waals surface area contributed by atoms with E-state index in [1.807, 2.05) is 62.4 Å². The van der Waals surface area contributed by atoms with Crippen LogP contribution in [0.2, 0.25) is 0 Å². The summed E-state index contributed by atoms with van der Waals surface area (Å²) in [4.78, 5) is 27.8. The molecular weight excluding hydrogens is 442 g/mol. The minimum absolute atomic E-state index is 0.0912. The third kappa shape index (κ3) is 3.46. The van der Waals surface area contributed by atoms with E-state index < -0.39 is 17.7 Å². The van der Waals surface area contributed by atoms with E-state index in [9.17, 15) is 14.7 Å². The van der Waals surface area contributed by atoms with Crippen LogP contribution in [0.4, 0.5) is 5.69 Å². The molecule has 1 saturated heterocycles. The minimum atomic E-state index is -0.712. The molecule has 1 atom stereocenters. The number of benzene rings is 3. The largest absolute Gasteiger partial charge is 0.507 e. The molecule has 4 rings (SSSR count). The van der Waals surface area contributed by atoms with Gasteiger partial charge in [-0.25, -0.2) is 0 Å². The summed E-state index contributed by atoms with van der Waals surface area (Å²) >= 11 is 3.38. The standard InChI is InChI=1S/C25H20BrNO3/c1-15-8-13-20(16(2)14-15)27-22(17-6-4-3-5-7-17)21(24(29)25(27)30)23(28)18-9-11-19(26)12-10-18/h3-14,22,28H,1-2H3/b23-21+. The van der Waals surface area contributed by atoms with Crippen molar-refractivity contribution in [3.8, 4) is 0 Å². The predicted molar refractivity (Wildman–Crippen MR) is 121 cm³/mol. The molecule has 4 nitrogen and oxygen atoms in total. The average molecular weight is 462 g/mol. The van der Waals surface area contributed by atoms with E-state index in [0.29, 0.717) is 11.3 Å². The lowest BCUT2D eigenvalue weighted by molar-refractivity contribution is -0.132. The van der Waals surface area contributed by atoms with E-state index in [0.717, 1.165) is 21.2 Å². The van der Waals surface area contributed by atoms with Gasteiger partial charge in [-0.3, -0.25) is 14.5 Å². The van der Waals surface area contributed by atoms with Gasteiger partial charge in [-0.15, -0.1) is 0 Å². The smallest absolute Gasteiger partial charge is 0.300 e. The van der Waals surface area contributed by atoms with E-state index in [2.05, 4.69) is 15.9 Å². The van der Waals surface area contributed by atoms with Crippen LogP contribution in [0.15, 0.2) is 82.8 Å². The maximum absolute atomic E-state index is 13.2. The Kier molecular flexibility index (Phi) is 5.31. The molecule has 3 aromatic rings. The number of aliphatic hydroxyl groups is 1. The molecule has 1 aliphatic heterocycles. The first-order chi connectivity index (χ1) is 14.4. The quantitative estimate of drug-likeness (QED) is 0.309. The number of aliphatic hydroxyl groups excluding tert-OH is 1. The number of carbonyl (C=O) groups excluding carboxylic acids is 2. The van der Waals surface area contributed by atoms with Gasteiger partial charge in [-0.1, -0.05) is 76.1 Å². The van der Waals surface area contributed by atoms with Crippen molar-refractivity contribution in [3.63, 3.8) is 0 Å². The third-order valence-electron chi connectivity index (χ3n) is 5.29. The molecule has 0 aromatic heterocycles. The Balaban J connectivity index is 1.96. The number of nitrogens with zero attached hydrogens (tertiary/aromatic N) is 1. The van der Waals surface area contributed by atoms with Crippen molar-refractivity contribution in [1.82, 2.24) is 0 Å². The fraction of sp³-hybridized carbons (Fsp3) is 0.120. The van der Waals surface area contributed by atoms with Crippen LogP contribution < -0.4 is 4.90 Å². The summed E-state index contributed by atoms with van der Waals surface area (Å²) in [5.74, 6) is -1.51. The van der Waals surface area contributed by atoms with Crippen molar-refractivity contribution in [2.45, 2.75) is 19.9 Å². The Labute approximate surface area is 183 Å². The highest BCUT2D eigenvalue weighted by atomic mass is 79.9. The second-order valence-corrected chi connectivity index (χ2v) is 8.29. The summed E-state index contributed by atoms with van der Waals surface area (Å²) < 4.78 is 0.856. The highest BCUT2D eigenvalue weighted by Crippen LogP contribution is 2.43. The van der Waals surface area contributed by atoms with Crippen molar-refractivity contribution < 1.29 is 14.7 Å². The van der Waals surface area contributed by atoms with Gasteiger partial charge in [0.1, 0.15) is 5.76 Å². The summed E-state index contributed by atoms with van der Waals surface area (Å²) in [6, 6.07) is 21.4. The summed E-state index contributed by atoms with van der Waals surface area (Å²) in [5, 5.41) is 11.1. The maximum Gasteiger partial charge on any atom is 0.300 e. The fourth-order valence-electron chi connectivity index (χ4n) is 3.87. The lowest BCUT2D eigenvalue weighted by atomic mass is 9.95. The van der Waals surface area contributed by atoms with Gasteiger partial charge in [-0.2, -0.15) is 0 Å². The van der Waals surface area contributed by atoms with Gasteiger partial charge in [0.05, 0.1) is 11.6 Å². The molecule has 0 aliphatic carbocycles. The first-order valence-corrected chi connectivity index (χ1v) is 10.4. The van der Waals surface area contributed by atoms with E-state index in [-0.39, 0.29) is 11.3 Å². The molecule has 1 amide bonds. The zero-order valence-electron chi connectivity index (χ0n) is 16.6. The Morgan fingerprint density at radius 3 is 2.23 bits per heavy atom. The van der Waals surface area contributed by atoms with Gasteiger partial charge >= 0.3 is 0 Å². The second-order valence-electron chi connectivity index (χ2n) is 7.38. The number of Topliss-reactive ketones (excluding diaryl/α,β-unsaturated/α-hetero) is 1. The second kappa shape index (κ2) is 7.92. The normalized spacial score (nSPS) is 18.1. The lowest BCUT2D eigenvalue weighted by Gasteiger charge is -2.27. The zero-order chi connectivity index (χ0) is 21.4. The van der Waals surface area contributed by atoms with Crippen molar-refractivity contribution >= 4 is 39.1 Å². The van der Waals surface area contributed by atoms with Crippen LogP contribution in [0, 0.1) is 13.8 Å². The van der Waals surface area contributed by atoms with Crippen LogP contribution in [0.1, 0.15) is 28.3 Å². The van der Waals surface area contributed by atoms with Crippen molar-refractivity contribution in [2.75, 3.05) is 4.90 Å². The molecule has 1 heterocycles. The van der Waals surface area contributed by atoms with E-state index >= 15 is 0 Å². The van der Waals surface area contributed by atoms with Crippen LogP contribution >= 0.6 is 15.9 Å². The number of amides is 1. The number of halogens is 1. The number of carbonyl (C=O) groups is 2. The van der Waals surface area contributed by atoms with Crippen LogP contribution in [-0.4, -0.2) is 16.8 Å². The third-order valence-corrected chi connectivity index (χ3v) is 5.82. The molecule has 150 valence electrons. The molecular formula is C25H20BrNO3. The topological polar surface area (TPSA) is 57.6 Å². The van der Waals surface area contributed by atoms with Gasteiger partial charge in [0, 0.05) is 15.7 Å². The summed E-state index contributed by atoms with van der Waals surface area (Å²) in [6.45, 7) is 3.89. The molecule has 0 spiro atoms. The predicted octanol–water partition coefficient (Wildman–Crippen LogP) is 5.69. The van der Waals surface area contributed by atoms with Gasteiger partial charge in [0.2, 0.25) is 0 Å². The highest BCUT2D eigenvalue weighted by molar-refractivity contribution is 9.10. The Bertz CT molecular complexity index is 1170. The van der Waals surface area contributed by atoms with E-state index in [1.54, 1.807) is 24.3 Å². The minimum Gasteiger partial charge on any atom is -0.507 e. The van der Waals surface area contributed by atoms with Crippen molar-refractivity contribution in [2.24, 2.45) is 0 Å². The van der Waals surface area contributed by atoms with Crippen LogP contribution in [0.25, 0.3) is 5.76 Å². The first kappa shape index (κ1) is 20.1. The molecule has 1 aliphatic rings. The molecule has 0 saturated carbocycles. The van der Waals surface area contributed by atoms with Crippen LogP contribution in [0.3, 0.4) is 0 Å². The van der Waals surface area contributed by atoms with Gasteiger partial charge in [-0.05, 0) is 43.2 Å². The number of hydrogen-bond donors (Lipinski definition) is 1. The number of ketones is 1. The average Bonchev–Trinajstić information content (AvgIpc) is 3.00. The highest BCUT2D eigenvalue weighted by Gasteiger charge is 2.47. The van der Waals surface area contributed by atoms with Crippen LogP contribution in [0.5, 0.6) is 0 Å². The SMILES string of the molecule is Cc1ccc(N2C(=O)C(=O)/C(=C(/O)c3ccc(Br)cc3)C2c2ccccc2)c(C)c1. The first-order valence-electron chi connectivity index (χ1n) is 9.57. The zero-order valence-corrected chi connectivity index (χ0v) is 18.2. The molecule has 1 fully saturated rings. The molecule has 0 radical (unpaired) electrons. The van der Waals surface area contributed by atoms with Gasteiger partial charge < -0.3 is 5.11 Å². The van der Waals surface area contributed by atoms with E-state index in [1.165, 1.54) is 4.90 Å². The van der Waals surface area contributed by atoms with Gasteiger partial charge in [0.15, 0.2) is 0 Å². The molecule has 0 bridgehead atoms. The number of hydrogen-bond acceptors (Lipinski definition) is 3. The summed E-state index contributed by atoms with van der Waals surface area (Å²) in [6.07, 6.45) is 0. The van der Waals surface area contributed by atoms with Crippen molar-refractivity contribution in [1.29, 1.82) is 0 Å². The Morgan fingerprint density at radius 2 is 1.60 bits per heavy atom. The van der Waals surface area contributed by atoms with Crippen LogP contribution in [-0.2, 0) is 9.59 Å². The molecule has 5 heteroatoms. The number of aryl methyl sites for hydroxylation is 2. The summed E-state index contributed by atoms with van der Waals surface area (Å²) in [5.41, 5.74) is 3.95. The van der Waals surface area contributed by atoms with Crippen molar-refractivity contribution in [3.05, 3.63) is 105 Å². The Hall–Kier alpha value is -3.18. The monoisotopic (exact) mass is 461 g/mol. The molecule has 1 N–H and O–H groups in total. The summed E-state index contributed by atoms with van der Waals surface area (Å²) in [7, 11) is 0. The lowest BCUT2D eigenvalue weighted by Crippen LogP contribution is -2.30. The number of rotatable bonds is 3. The Morgan fingerprint density at radius 1 is 0.933 bits per heavy atom. The maximum atomic E-state index is 13.2. The molecule has 3 aromatic carbocycles. The number of anilines is 1.